The maximum Gasteiger partial charge on any atom is 0.0515 e. The molecule has 1 atom stereocenters. The summed E-state index contributed by atoms with van der Waals surface area (Å²) in [6, 6.07) is 7.73. The SMILES string of the molecule is CC(O)CCc1ccc(Cl)cc1. The number of hydrogen-bond donors (Lipinski definition) is 1. The summed E-state index contributed by atoms with van der Waals surface area (Å²) in [6.45, 7) is 1.80. The van der Waals surface area contributed by atoms with E-state index in [1.807, 2.05) is 24.3 Å². The predicted octanol–water partition coefficient (Wildman–Crippen LogP) is 2.65. The average Bonchev–Trinajstić information content (AvgIpc) is 2.03. The minimum Gasteiger partial charge on any atom is -0.393 e. The molecule has 1 unspecified atom stereocenters. The summed E-state index contributed by atoms with van der Waals surface area (Å²) in [5.74, 6) is 0. The van der Waals surface area contributed by atoms with Crippen LogP contribution in [0.15, 0.2) is 24.3 Å². The zero-order chi connectivity index (χ0) is 8.97. The number of halogens is 1. The van der Waals surface area contributed by atoms with E-state index in [9.17, 15) is 0 Å². The highest BCUT2D eigenvalue weighted by Gasteiger charge is 1.97. The standard InChI is InChI=1S/C10H13ClO/c1-8(12)2-3-9-4-6-10(11)7-5-9/h4-8,12H,2-3H2,1H3. The zero-order valence-electron chi connectivity index (χ0n) is 7.13. The Labute approximate surface area is 78.0 Å². The van der Waals surface area contributed by atoms with Crippen LogP contribution in [-0.2, 0) is 6.42 Å². The van der Waals surface area contributed by atoms with Crippen LogP contribution in [0.1, 0.15) is 18.9 Å². The molecule has 1 nitrogen and oxygen atoms in total. The Morgan fingerprint density at radius 1 is 1.33 bits per heavy atom. The number of rotatable bonds is 3. The van der Waals surface area contributed by atoms with E-state index in [1.54, 1.807) is 6.92 Å². The van der Waals surface area contributed by atoms with Crippen molar-refractivity contribution in [1.29, 1.82) is 0 Å². The highest BCUT2D eigenvalue weighted by atomic mass is 35.5. The summed E-state index contributed by atoms with van der Waals surface area (Å²) >= 11 is 5.72. The topological polar surface area (TPSA) is 20.2 Å². The maximum atomic E-state index is 9.04. The second-order valence-corrected chi connectivity index (χ2v) is 3.45. The summed E-state index contributed by atoms with van der Waals surface area (Å²) < 4.78 is 0. The van der Waals surface area contributed by atoms with Crippen molar-refractivity contribution in [3.63, 3.8) is 0 Å². The van der Waals surface area contributed by atoms with Gasteiger partial charge in [-0.25, -0.2) is 0 Å². The summed E-state index contributed by atoms with van der Waals surface area (Å²) in [6.07, 6.45) is 1.50. The molecular weight excluding hydrogens is 172 g/mol. The van der Waals surface area contributed by atoms with Gasteiger partial charge in [0.15, 0.2) is 0 Å². The van der Waals surface area contributed by atoms with E-state index >= 15 is 0 Å². The Kier molecular flexibility index (Phi) is 3.57. The largest absolute Gasteiger partial charge is 0.393 e. The van der Waals surface area contributed by atoms with Gasteiger partial charge in [0.05, 0.1) is 6.10 Å². The second-order valence-electron chi connectivity index (χ2n) is 3.01. The van der Waals surface area contributed by atoms with Gasteiger partial charge in [0, 0.05) is 5.02 Å². The number of aryl methyl sites for hydroxylation is 1. The van der Waals surface area contributed by atoms with Crippen LogP contribution in [0.25, 0.3) is 0 Å². The van der Waals surface area contributed by atoms with Crippen molar-refractivity contribution in [2.45, 2.75) is 25.9 Å². The van der Waals surface area contributed by atoms with Crippen molar-refractivity contribution in [2.75, 3.05) is 0 Å². The number of aliphatic hydroxyl groups is 1. The van der Waals surface area contributed by atoms with Gasteiger partial charge >= 0.3 is 0 Å². The zero-order valence-corrected chi connectivity index (χ0v) is 7.88. The van der Waals surface area contributed by atoms with Gasteiger partial charge in [-0.15, -0.1) is 0 Å². The molecule has 1 N–H and O–H groups in total. The molecule has 0 saturated carbocycles. The lowest BCUT2D eigenvalue weighted by Gasteiger charge is -2.03. The molecule has 1 rings (SSSR count). The molecule has 2 heteroatoms. The molecule has 0 aromatic heterocycles. The van der Waals surface area contributed by atoms with Crippen molar-refractivity contribution in [1.82, 2.24) is 0 Å². The molecule has 1 aromatic rings. The maximum absolute atomic E-state index is 9.04. The second kappa shape index (κ2) is 4.48. The predicted molar refractivity (Wildman–Crippen MR) is 51.5 cm³/mol. The molecule has 0 aliphatic carbocycles. The third-order valence-electron chi connectivity index (χ3n) is 1.76. The molecule has 1 aromatic carbocycles. The van der Waals surface area contributed by atoms with Crippen molar-refractivity contribution in [3.05, 3.63) is 34.9 Å². The summed E-state index contributed by atoms with van der Waals surface area (Å²) in [4.78, 5) is 0. The van der Waals surface area contributed by atoms with Crippen LogP contribution in [0.2, 0.25) is 5.02 Å². The van der Waals surface area contributed by atoms with Crippen LogP contribution in [-0.4, -0.2) is 11.2 Å². The van der Waals surface area contributed by atoms with Crippen LogP contribution in [0, 0.1) is 0 Å². The van der Waals surface area contributed by atoms with Gasteiger partial charge in [-0.2, -0.15) is 0 Å². The molecule has 12 heavy (non-hydrogen) atoms. The average molecular weight is 185 g/mol. The van der Waals surface area contributed by atoms with Crippen LogP contribution in [0.4, 0.5) is 0 Å². The van der Waals surface area contributed by atoms with Crippen molar-refractivity contribution < 1.29 is 5.11 Å². The van der Waals surface area contributed by atoms with Gasteiger partial charge in [0.2, 0.25) is 0 Å². The number of hydrogen-bond acceptors (Lipinski definition) is 1. The first-order valence-electron chi connectivity index (χ1n) is 4.11. The van der Waals surface area contributed by atoms with Gasteiger partial charge in [0.1, 0.15) is 0 Å². The molecule has 0 saturated heterocycles. The van der Waals surface area contributed by atoms with Crippen molar-refractivity contribution in [2.24, 2.45) is 0 Å². The van der Waals surface area contributed by atoms with Crippen LogP contribution >= 0.6 is 11.6 Å². The lowest BCUT2D eigenvalue weighted by Crippen LogP contribution is -2.00. The fourth-order valence-corrected chi connectivity index (χ4v) is 1.15. The Morgan fingerprint density at radius 3 is 2.42 bits per heavy atom. The smallest absolute Gasteiger partial charge is 0.0515 e. The molecular formula is C10H13ClO. The lowest BCUT2D eigenvalue weighted by atomic mass is 10.1. The molecule has 0 aliphatic heterocycles. The summed E-state index contributed by atoms with van der Waals surface area (Å²) in [5, 5.41) is 9.80. The number of aliphatic hydroxyl groups excluding tert-OH is 1. The van der Waals surface area contributed by atoms with Crippen LogP contribution in [0.5, 0.6) is 0 Å². The van der Waals surface area contributed by atoms with Crippen molar-refractivity contribution >= 4 is 11.6 Å². The van der Waals surface area contributed by atoms with Crippen molar-refractivity contribution in [3.8, 4) is 0 Å². The molecule has 0 aliphatic rings. The van der Waals surface area contributed by atoms with E-state index in [-0.39, 0.29) is 6.10 Å². The fraction of sp³-hybridized carbons (Fsp3) is 0.400. The highest BCUT2D eigenvalue weighted by molar-refractivity contribution is 6.30. The molecule has 0 bridgehead atoms. The first-order chi connectivity index (χ1) is 5.68. The van der Waals surface area contributed by atoms with E-state index < -0.39 is 0 Å². The Balaban J connectivity index is 2.48. The minimum absolute atomic E-state index is 0.222. The normalized spacial score (nSPS) is 12.9. The Hall–Kier alpha value is -0.530. The van der Waals surface area contributed by atoms with Gasteiger partial charge in [0.25, 0.3) is 0 Å². The molecule has 0 spiro atoms. The number of benzene rings is 1. The third kappa shape index (κ3) is 3.24. The quantitative estimate of drug-likeness (QED) is 0.766. The lowest BCUT2D eigenvalue weighted by molar-refractivity contribution is 0.185. The third-order valence-corrected chi connectivity index (χ3v) is 2.02. The van der Waals surface area contributed by atoms with Gasteiger partial charge in [-0.1, -0.05) is 23.7 Å². The molecule has 0 heterocycles. The van der Waals surface area contributed by atoms with E-state index in [2.05, 4.69) is 0 Å². The molecule has 0 radical (unpaired) electrons. The highest BCUT2D eigenvalue weighted by Crippen LogP contribution is 2.11. The summed E-state index contributed by atoms with van der Waals surface area (Å²) in [5.41, 5.74) is 1.22. The van der Waals surface area contributed by atoms with E-state index in [0.717, 1.165) is 17.9 Å². The molecule has 66 valence electrons. The Morgan fingerprint density at radius 2 is 1.92 bits per heavy atom. The Bertz CT molecular complexity index is 228. The monoisotopic (exact) mass is 184 g/mol. The first-order valence-corrected chi connectivity index (χ1v) is 4.49. The first kappa shape index (κ1) is 9.56. The van der Waals surface area contributed by atoms with Crippen LogP contribution < -0.4 is 0 Å². The molecule has 0 fully saturated rings. The fourth-order valence-electron chi connectivity index (χ4n) is 1.03. The summed E-state index contributed by atoms with van der Waals surface area (Å²) in [7, 11) is 0. The van der Waals surface area contributed by atoms with E-state index in [4.69, 9.17) is 16.7 Å². The van der Waals surface area contributed by atoms with E-state index in [1.165, 1.54) is 5.56 Å². The van der Waals surface area contributed by atoms with E-state index in [0.29, 0.717) is 0 Å². The minimum atomic E-state index is -0.222. The van der Waals surface area contributed by atoms with Gasteiger partial charge in [-0.3, -0.25) is 0 Å². The van der Waals surface area contributed by atoms with Crippen LogP contribution in [0.3, 0.4) is 0 Å². The van der Waals surface area contributed by atoms with Gasteiger partial charge < -0.3 is 5.11 Å². The van der Waals surface area contributed by atoms with Gasteiger partial charge in [-0.05, 0) is 37.5 Å². The molecule has 0 amide bonds.